The Kier molecular flexibility index (Phi) is 7.69. The van der Waals surface area contributed by atoms with Gasteiger partial charge < -0.3 is 0 Å². The summed E-state index contributed by atoms with van der Waals surface area (Å²) in [5, 5.41) is 8.49. The average Bonchev–Trinajstić information content (AvgIpc) is 3.32. The standard InChI is InChI=1S/C21H19F5N2O2S/c22-16-17(23)19(25)21(20(26)18(16)24)31-28(14-3-1-2-4-14)11-13-7-5-12(6-8-13)9-10-15(29)27-30/h5-10,14,30H,1-4,11H2,(H,27,29)/b10-9+. The van der Waals surface area contributed by atoms with Crippen molar-refractivity contribution in [3.8, 4) is 0 Å². The first-order valence-corrected chi connectivity index (χ1v) is 10.3. The quantitative estimate of drug-likeness (QED) is 0.112. The summed E-state index contributed by atoms with van der Waals surface area (Å²) in [7, 11) is 0. The van der Waals surface area contributed by atoms with Crippen LogP contribution in [0.5, 0.6) is 0 Å². The van der Waals surface area contributed by atoms with Crippen LogP contribution in [0, 0.1) is 29.1 Å². The van der Waals surface area contributed by atoms with Crippen LogP contribution >= 0.6 is 11.9 Å². The molecule has 0 aromatic heterocycles. The fourth-order valence-electron chi connectivity index (χ4n) is 3.33. The van der Waals surface area contributed by atoms with Gasteiger partial charge in [0.2, 0.25) is 5.82 Å². The lowest BCUT2D eigenvalue weighted by Gasteiger charge is -2.28. The molecule has 0 heterocycles. The van der Waals surface area contributed by atoms with E-state index in [4.69, 9.17) is 5.21 Å². The minimum Gasteiger partial charge on any atom is -0.288 e. The SMILES string of the molecule is O=C(/C=C/c1ccc(CN(Sc2c(F)c(F)c(F)c(F)c2F)C2CCCC2)cc1)NO. The van der Waals surface area contributed by atoms with Crippen molar-refractivity contribution in [1.82, 2.24) is 9.79 Å². The third kappa shape index (κ3) is 5.44. The van der Waals surface area contributed by atoms with E-state index in [9.17, 15) is 26.7 Å². The van der Waals surface area contributed by atoms with Crippen LogP contribution in [0.25, 0.3) is 6.08 Å². The first-order chi connectivity index (χ1) is 14.8. The van der Waals surface area contributed by atoms with Crippen LogP contribution in [0.3, 0.4) is 0 Å². The lowest BCUT2D eigenvalue weighted by atomic mass is 10.1. The maximum Gasteiger partial charge on any atom is 0.267 e. The molecule has 4 nitrogen and oxygen atoms in total. The summed E-state index contributed by atoms with van der Waals surface area (Å²) in [6, 6.07) is 6.79. The number of benzene rings is 2. The number of nitrogens with zero attached hydrogens (tertiary/aromatic N) is 1. The van der Waals surface area contributed by atoms with Crippen LogP contribution in [-0.2, 0) is 11.3 Å². The first kappa shape index (κ1) is 23.2. The van der Waals surface area contributed by atoms with Crippen molar-refractivity contribution in [2.45, 2.75) is 43.2 Å². The van der Waals surface area contributed by atoms with E-state index in [1.54, 1.807) is 28.6 Å². The minimum atomic E-state index is -2.18. The van der Waals surface area contributed by atoms with Crippen molar-refractivity contribution in [2.75, 3.05) is 0 Å². The van der Waals surface area contributed by atoms with E-state index in [-0.39, 0.29) is 12.6 Å². The number of nitrogens with one attached hydrogen (secondary N) is 1. The molecular weight excluding hydrogens is 439 g/mol. The van der Waals surface area contributed by atoms with Gasteiger partial charge >= 0.3 is 0 Å². The van der Waals surface area contributed by atoms with Gasteiger partial charge in [0.25, 0.3) is 5.91 Å². The van der Waals surface area contributed by atoms with Gasteiger partial charge in [0.1, 0.15) is 4.90 Å². The van der Waals surface area contributed by atoms with Crippen molar-refractivity contribution in [3.63, 3.8) is 0 Å². The summed E-state index contributed by atoms with van der Waals surface area (Å²) in [4.78, 5) is 10.1. The van der Waals surface area contributed by atoms with Gasteiger partial charge in [-0.3, -0.25) is 10.0 Å². The minimum absolute atomic E-state index is 0.0761. The van der Waals surface area contributed by atoms with E-state index in [0.717, 1.165) is 37.3 Å². The van der Waals surface area contributed by atoms with Gasteiger partial charge in [-0.1, -0.05) is 37.1 Å². The number of hydrogen-bond donors (Lipinski definition) is 2. The molecule has 10 heteroatoms. The number of carbonyl (C=O) groups is 1. The van der Waals surface area contributed by atoms with Crippen molar-refractivity contribution in [2.24, 2.45) is 0 Å². The fourth-order valence-corrected chi connectivity index (χ4v) is 4.48. The van der Waals surface area contributed by atoms with E-state index in [2.05, 4.69) is 0 Å². The molecule has 2 aromatic carbocycles. The molecule has 0 bridgehead atoms. The highest BCUT2D eigenvalue weighted by atomic mass is 32.2. The molecule has 0 unspecified atom stereocenters. The molecule has 1 aliphatic rings. The molecule has 1 saturated carbocycles. The van der Waals surface area contributed by atoms with E-state index in [1.807, 2.05) is 0 Å². The van der Waals surface area contributed by atoms with Crippen molar-refractivity contribution in [1.29, 1.82) is 0 Å². The number of rotatable bonds is 7. The predicted molar refractivity (Wildman–Crippen MR) is 105 cm³/mol. The number of amides is 1. The van der Waals surface area contributed by atoms with Gasteiger partial charge in [0.05, 0.1) is 0 Å². The third-order valence-corrected chi connectivity index (χ3v) is 6.17. The molecule has 31 heavy (non-hydrogen) atoms. The van der Waals surface area contributed by atoms with Crippen LogP contribution in [0.15, 0.2) is 35.2 Å². The fraction of sp³-hybridized carbons (Fsp3) is 0.286. The Labute approximate surface area is 179 Å². The summed E-state index contributed by atoms with van der Waals surface area (Å²) in [5.74, 6) is -10.5. The Morgan fingerprint density at radius 2 is 1.55 bits per heavy atom. The second-order valence-electron chi connectivity index (χ2n) is 7.05. The van der Waals surface area contributed by atoms with E-state index >= 15 is 0 Å². The lowest BCUT2D eigenvalue weighted by Crippen LogP contribution is -2.27. The largest absolute Gasteiger partial charge is 0.288 e. The molecule has 2 aromatic rings. The Morgan fingerprint density at radius 1 is 1.00 bits per heavy atom. The Bertz CT molecular complexity index is 950. The zero-order chi connectivity index (χ0) is 22.5. The van der Waals surface area contributed by atoms with Crippen LogP contribution in [0.1, 0.15) is 36.8 Å². The molecule has 1 fully saturated rings. The highest BCUT2D eigenvalue weighted by Gasteiger charge is 2.30. The summed E-state index contributed by atoms with van der Waals surface area (Å²) < 4.78 is 70.6. The molecule has 166 valence electrons. The number of carbonyl (C=O) groups excluding carboxylic acids is 1. The van der Waals surface area contributed by atoms with Crippen molar-refractivity contribution < 1.29 is 32.0 Å². The van der Waals surface area contributed by atoms with Gasteiger partial charge in [-0.05, 0) is 42.0 Å². The molecule has 0 aliphatic heterocycles. The normalized spacial score (nSPS) is 14.7. The molecule has 0 atom stereocenters. The van der Waals surface area contributed by atoms with Crippen LogP contribution in [0.4, 0.5) is 22.0 Å². The maximum absolute atomic E-state index is 14.2. The van der Waals surface area contributed by atoms with Crippen LogP contribution in [0.2, 0.25) is 0 Å². The molecule has 0 spiro atoms. The van der Waals surface area contributed by atoms with Crippen molar-refractivity contribution >= 4 is 23.9 Å². The summed E-state index contributed by atoms with van der Waals surface area (Å²) in [6.07, 6.45) is 5.94. The highest BCUT2D eigenvalue weighted by Crippen LogP contribution is 2.38. The highest BCUT2D eigenvalue weighted by molar-refractivity contribution is 7.97. The number of hydroxylamine groups is 1. The molecule has 0 saturated heterocycles. The first-order valence-electron chi connectivity index (χ1n) is 9.49. The number of halogens is 5. The summed E-state index contributed by atoms with van der Waals surface area (Å²) in [6.45, 7) is 0.218. The van der Waals surface area contributed by atoms with Gasteiger partial charge in [-0.15, -0.1) is 0 Å². The molecule has 2 N–H and O–H groups in total. The zero-order valence-corrected chi connectivity index (χ0v) is 17.0. The van der Waals surface area contributed by atoms with Crippen LogP contribution < -0.4 is 5.48 Å². The van der Waals surface area contributed by atoms with E-state index in [1.165, 1.54) is 11.6 Å². The van der Waals surface area contributed by atoms with Gasteiger partial charge in [0, 0.05) is 18.7 Å². The maximum atomic E-state index is 14.2. The predicted octanol–water partition coefficient (Wildman–Crippen LogP) is 5.35. The van der Waals surface area contributed by atoms with Crippen molar-refractivity contribution in [3.05, 3.63) is 70.6 Å². The third-order valence-electron chi connectivity index (χ3n) is 4.97. The topological polar surface area (TPSA) is 52.6 Å². The van der Waals surface area contributed by atoms with Gasteiger partial charge in [-0.25, -0.2) is 31.7 Å². The molecule has 0 radical (unpaired) electrons. The Balaban J connectivity index is 1.83. The van der Waals surface area contributed by atoms with E-state index in [0.29, 0.717) is 17.5 Å². The van der Waals surface area contributed by atoms with E-state index < -0.39 is 39.9 Å². The average molecular weight is 458 g/mol. The Morgan fingerprint density at radius 3 is 2.10 bits per heavy atom. The summed E-state index contributed by atoms with van der Waals surface area (Å²) in [5.41, 5.74) is 2.90. The lowest BCUT2D eigenvalue weighted by molar-refractivity contribution is -0.124. The summed E-state index contributed by atoms with van der Waals surface area (Å²) >= 11 is 0.534. The van der Waals surface area contributed by atoms with Crippen LogP contribution in [-0.4, -0.2) is 21.5 Å². The van der Waals surface area contributed by atoms with Gasteiger partial charge in [0.15, 0.2) is 23.3 Å². The molecular formula is C21H19F5N2O2S. The number of hydrogen-bond acceptors (Lipinski definition) is 4. The second-order valence-corrected chi connectivity index (χ2v) is 8.11. The van der Waals surface area contributed by atoms with Gasteiger partial charge in [-0.2, -0.15) is 0 Å². The second kappa shape index (κ2) is 10.3. The molecule has 1 amide bonds. The Hall–Kier alpha value is -2.43. The molecule has 3 rings (SSSR count). The zero-order valence-electron chi connectivity index (χ0n) is 16.2. The smallest absolute Gasteiger partial charge is 0.267 e. The molecule has 1 aliphatic carbocycles. The monoisotopic (exact) mass is 458 g/mol.